The Labute approximate surface area is 170 Å². The van der Waals surface area contributed by atoms with Gasteiger partial charge in [0.15, 0.2) is 0 Å². The summed E-state index contributed by atoms with van der Waals surface area (Å²) in [4.78, 5) is 40.5. The summed E-state index contributed by atoms with van der Waals surface area (Å²) in [6.07, 6.45) is 0.632. The smallest absolute Gasteiger partial charge is 0.255 e. The zero-order valence-electron chi connectivity index (χ0n) is 16.9. The van der Waals surface area contributed by atoms with Crippen LogP contribution in [-0.4, -0.2) is 64.9 Å². The second-order valence-corrected chi connectivity index (χ2v) is 8.76. The molecule has 29 heavy (non-hydrogen) atoms. The molecule has 3 aliphatic rings. The predicted octanol–water partition coefficient (Wildman–Crippen LogP) is 0.386. The zero-order chi connectivity index (χ0) is 20.8. The van der Waals surface area contributed by atoms with Crippen LogP contribution in [0.15, 0.2) is 18.2 Å². The molecule has 3 N–H and O–H groups in total. The summed E-state index contributed by atoms with van der Waals surface area (Å²) >= 11 is 0. The number of piperidine rings is 1. The molecule has 8 nitrogen and oxygen atoms in total. The van der Waals surface area contributed by atoms with Crippen molar-refractivity contribution < 1.29 is 19.1 Å². The van der Waals surface area contributed by atoms with Crippen LogP contribution in [-0.2, 0) is 27.4 Å². The lowest BCUT2D eigenvalue weighted by Gasteiger charge is -2.43. The quantitative estimate of drug-likeness (QED) is 0.709. The Morgan fingerprint density at radius 2 is 2.07 bits per heavy atom. The molecular formula is C21H28N4O4. The minimum atomic E-state index is -0.585. The van der Waals surface area contributed by atoms with E-state index < -0.39 is 6.04 Å². The van der Waals surface area contributed by atoms with Gasteiger partial charge in [-0.2, -0.15) is 0 Å². The van der Waals surface area contributed by atoms with Gasteiger partial charge in [0.2, 0.25) is 11.8 Å². The molecule has 156 valence electrons. The minimum Gasteiger partial charge on any atom is -0.373 e. The van der Waals surface area contributed by atoms with Crippen molar-refractivity contribution >= 4 is 17.7 Å². The van der Waals surface area contributed by atoms with Gasteiger partial charge in [-0.05, 0) is 37.5 Å². The van der Waals surface area contributed by atoms with E-state index in [1.165, 1.54) is 0 Å². The van der Waals surface area contributed by atoms with Crippen LogP contribution in [0, 0.1) is 0 Å². The van der Waals surface area contributed by atoms with Crippen LogP contribution >= 0.6 is 0 Å². The number of carbonyl (C=O) groups is 3. The van der Waals surface area contributed by atoms with Gasteiger partial charge in [-0.1, -0.05) is 12.1 Å². The number of hydrogen-bond donors (Lipinski definition) is 2. The summed E-state index contributed by atoms with van der Waals surface area (Å²) in [5, 5.41) is 2.34. The van der Waals surface area contributed by atoms with Crippen LogP contribution in [0.4, 0.5) is 0 Å². The van der Waals surface area contributed by atoms with E-state index in [0.717, 1.165) is 17.7 Å². The summed E-state index contributed by atoms with van der Waals surface area (Å²) in [6.45, 7) is 7.10. The van der Waals surface area contributed by atoms with Crippen molar-refractivity contribution in [1.29, 1.82) is 0 Å². The largest absolute Gasteiger partial charge is 0.373 e. The van der Waals surface area contributed by atoms with Gasteiger partial charge in [-0.25, -0.2) is 0 Å². The fourth-order valence-corrected chi connectivity index (χ4v) is 4.43. The highest BCUT2D eigenvalue weighted by molar-refractivity contribution is 6.05. The molecule has 0 saturated carbocycles. The van der Waals surface area contributed by atoms with Crippen molar-refractivity contribution in [3.05, 3.63) is 34.9 Å². The van der Waals surface area contributed by atoms with Gasteiger partial charge in [0.05, 0.1) is 12.2 Å². The summed E-state index contributed by atoms with van der Waals surface area (Å²) in [6, 6.07) is 5.50. The van der Waals surface area contributed by atoms with Gasteiger partial charge >= 0.3 is 0 Å². The Morgan fingerprint density at radius 1 is 1.28 bits per heavy atom. The predicted molar refractivity (Wildman–Crippen MR) is 106 cm³/mol. The lowest BCUT2D eigenvalue weighted by atomic mass is 10.0. The number of nitrogens with one attached hydrogen (secondary N) is 1. The van der Waals surface area contributed by atoms with E-state index in [9.17, 15) is 14.4 Å². The van der Waals surface area contributed by atoms with Crippen LogP contribution in [0.1, 0.15) is 48.2 Å². The zero-order valence-corrected chi connectivity index (χ0v) is 16.9. The third-order valence-electron chi connectivity index (χ3n) is 6.02. The number of morpholine rings is 1. The normalized spacial score (nSPS) is 27.1. The van der Waals surface area contributed by atoms with Crippen LogP contribution < -0.4 is 11.1 Å². The van der Waals surface area contributed by atoms with Gasteiger partial charge in [0, 0.05) is 44.2 Å². The Morgan fingerprint density at radius 3 is 2.79 bits per heavy atom. The number of benzene rings is 1. The Hall–Kier alpha value is -2.29. The van der Waals surface area contributed by atoms with E-state index in [1.54, 1.807) is 4.90 Å². The second kappa shape index (κ2) is 7.51. The number of imide groups is 1. The number of ether oxygens (including phenoxy) is 1. The molecule has 4 rings (SSSR count). The van der Waals surface area contributed by atoms with Crippen molar-refractivity contribution in [1.82, 2.24) is 15.1 Å². The molecule has 1 aromatic rings. The fraction of sp³-hybridized carbons (Fsp3) is 0.571. The van der Waals surface area contributed by atoms with Crippen molar-refractivity contribution in [2.75, 3.05) is 19.7 Å². The summed E-state index contributed by atoms with van der Waals surface area (Å²) in [5.41, 5.74) is 8.29. The molecule has 3 heterocycles. The van der Waals surface area contributed by atoms with Gasteiger partial charge < -0.3 is 15.4 Å². The van der Waals surface area contributed by atoms with Crippen LogP contribution in [0.2, 0.25) is 0 Å². The molecule has 0 aliphatic carbocycles. The molecule has 0 radical (unpaired) electrons. The van der Waals surface area contributed by atoms with Crippen molar-refractivity contribution in [3.8, 4) is 0 Å². The van der Waals surface area contributed by atoms with Crippen LogP contribution in [0.3, 0.4) is 0 Å². The topological polar surface area (TPSA) is 105 Å². The van der Waals surface area contributed by atoms with E-state index in [2.05, 4.69) is 24.1 Å². The lowest BCUT2D eigenvalue weighted by Crippen LogP contribution is -2.55. The van der Waals surface area contributed by atoms with Gasteiger partial charge in [0.1, 0.15) is 6.04 Å². The third-order valence-corrected chi connectivity index (χ3v) is 6.02. The lowest BCUT2D eigenvalue weighted by molar-refractivity contribution is -0.136. The van der Waals surface area contributed by atoms with Gasteiger partial charge in [-0.3, -0.25) is 24.6 Å². The first kappa shape index (κ1) is 20.0. The molecule has 0 bridgehead atoms. The number of nitrogens with two attached hydrogens (primary N) is 1. The summed E-state index contributed by atoms with van der Waals surface area (Å²) < 4.78 is 5.88. The minimum absolute atomic E-state index is 0.144. The van der Waals surface area contributed by atoms with E-state index in [0.29, 0.717) is 38.2 Å². The molecular weight excluding hydrogens is 372 g/mol. The van der Waals surface area contributed by atoms with E-state index in [4.69, 9.17) is 10.5 Å². The average molecular weight is 400 g/mol. The average Bonchev–Trinajstić information content (AvgIpc) is 2.98. The molecule has 2 fully saturated rings. The number of carbonyl (C=O) groups excluding carboxylic acids is 3. The van der Waals surface area contributed by atoms with Crippen molar-refractivity contribution in [2.24, 2.45) is 5.73 Å². The molecule has 2 atom stereocenters. The molecule has 2 saturated heterocycles. The molecule has 3 aliphatic heterocycles. The van der Waals surface area contributed by atoms with Crippen molar-refractivity contribution in [3.63, 3.8) is 0 Å². The fourth-order valence-electron chi connectivity index (χ4n) is 4.43. The maximum atomic E-state index is 13.0. The Kier molecular flexibility index (Phi) is 5.18. The number of rotatable bonds is 4. The highest BCUT2D eigenvalue weighted by atomic mass is 16.5. The number of amides is 3. The highest BCUT2D eigenvalue weighted by Gasteiger charge is 2.39. The maximum absolute atomic E-state index is 13.0. The Bertz CT molecular complexity index is 853. The van der Waals surface area contributed by atoms with Gasteiger partial charge in [-0.15, -0.1) is 0 Å². The maximum Gasteiger partial charge on any atom is 0.255 e. The second-order valence-electron chi connectivity index (χ2n) is 8.76. The molecule has 0 aromatic heterocycles. The molecule has 3 amide bonds. The van der Waals surface area contributed by atoms with Crippen molar-refractivity contribution in [2.45, 2.75) is 57.5 Å². The van der Waals surface area contributed by atoms with Crippen LogP contribution in [0.5, 0.6) is 0 Å². The van der Waals surface area contributed by atoms with Crippen LogP contribution in [0.25, 0.3) is 0 Å². The van der Waals surface area contributed by atoms with Gasteiger partial charge in [0.25, 0.3) is 5.91 Å². The Balaban J connectivity index is 1.50. The number of fused-ring (bicyclic) bond motifs is 1. The molecule has 2 unspecified atom stereocenters. The molecule has 0 spiro atoms. The third kappa shape index (κ3) is 3.92. The summed E-state index contributed by atoms with van der Waals surface area (Å²) in [7, 11) is 0. The van der Waals surface area contributed by atoms with E-state index >= 15 is 0 Å². The number of nitrogens with zero attached hydrogens (tertiary/aromatic N) is 2. The standard InChI is InChI=1S/C21H28N4O4/c1-21(2)12-24(15(8-22)11-29-21)9-13-3-4-14-10-25(20(28)16(14)7-13)17-5-6-18(26)23-19(17)27/h3-4,7,15,17H,5-6,8-12,22H2,1-2H3,(H,23,26,27). The molecule has 8 heteroatoms. The first-order valence-electron chi connectivity index (χ1n) is 10.1. The number of hydrogen-bond acceptors (Lipinski definition) is 6. The molecule has 1 aromatic carbocycles. The van der Waals surface area contributed by atoms with E-state index in [1.807, 2.05) is 18.2 Å². The first-order valence-corrected chi connectivity index (χ1v) is 10.1. The highest BCUT2D eigenvalue weighted by Crippen LogP contribution is 2.29. The SMILES string of the molecule is CC1(C)CN(Cc2ccc3c(c2)C(=O)N(C2CCC(=O)NC2=O)C3)C(CN)CO1. The first-order chi connectivity index (χ1) is 13.8. The van der Waals surface area contributed by atoms with E-state index in [-0.39, 0.29) is 35.8 Å². The summed E-state index contributed by atoms with van der Waals surface area (Å²) in [5.74, 6) is -0.807. The monoisotopic (exact) mass is 400 g/mol.